The molecular formula is C27H45N3O. The smallest absolute Gasteiger partial charge is 0.220 e. The van der Waals surface area contributed by atoms with Gasteiger partial charge in [0.05, 0.1) is 0 Å². The minimum atomic E-state index is 0.112. The van der Waals surface area contributed by atoms with E-state index in [1.807, 2.05) is 7.05 Å². The second-order valence-electron chi connectivity index (χ2n) is 7.40. The van der Waals surface area contributed by atoms with E-state index in [4.69, 9.17) is 5.73 Å². The molecule has 1 amide bonds. The lowest BCUT2D eigenvalue weighted by molar-refractivity contribution is -0.121. The molecule has 31 heavy (non-hydrogen) atoms. The Kier molecular flexibility index (Phi) is 22.4. The Hall–Kier alpha value is -2.17. The zero-order valence-electron chi connectivity index (χ0n) is 19.8. The molecule has 0 aromatic rings. The number of likely N-dealkylation sites (N-methyl/N-ethyl adjacent to an activating group) is 1. The van der Waals surface area contributed by atoms with Crippen molar-refractivity contribution < 1.29 is 4.79 Å². The molecule has 0 saturated heterocycles. The molecule has 0 aromatic carbocycles. The first kappa shape index (κ1) is 28.8. The summed E-state index contributed by atoms with van der Waals surface area (Å²) in [5.41, 5.74) is 5.49. The maximum atomic E-state index is 11.7. The van der Waals surface area contributed by atoms with Crippen molar-refractivity contribution >= 4 is 5.91 Å². The summed E-state index contributed by atoms with van der Waals surface area (Å²) in [6.45, 7) is 5.17. The van der Waals surface area contributed by atoms with E-state index in [0.717, 1.165) is 58.0 Å². The number of allylic oxidation sites excluding steroid dienone is 12. The third kappa shape index (κ3) is 24.0. The second kappa shape index (κ2) is 24.1. The van der Waals surface area contributed by atoms with Crippen LogP contribution < -0.4 is 11.1 Å². The number of nitrogens with zero attached hydrogens (tertiary/aromatic N) is 1. The lowest BCUT2D eigenvalue weighted by Crippen LogP contribution is -2.35. The van der Waals surface area contributed by atoms with E-state index in [1.54, 1.807) is 0 Å². The first-order chi connectivity index (χ1) is 15.2. The van der Waals surface area contributed by atoms with E-state index in [1.165, 1.54) is 0 Å². The monoisotopic (exact) mass is 427 g/mol. The van der Waals surface area contributed by atoms with Gasteiger partial charge in [0, 0.05) is 32.6 Å². The molecule has 0 aliphatic rings. The highest BCUT2D eigenvalue weighted by Crippen LogP contribution is 1.97. The van der Waals surface area contributed by atoms with Crippen molar-refractivity contribution in [3.63, 3.8) is 0 Å². The van der Waals surface area contributed by atoms with Gasteiger partial charge in [-0.2, -0.15) is 0 Å². The Balaban J connectivity index is 3.58. The summed E-state index contributed by atoms with van der Waals surface area (Å²) >= 11 is 0. The van der Waals surface area contributed by atoms with Gasteiger partial charge >= 0.3 is 0 Å². The topological polar surface area (TPSA) is 58.4 Å². The van der Waals surface area contributed by atoms with Crippen LogP contribution in [-0.2, 0) is 4.79 Å². The molecule has 174 valence electrons. The Morgan fingerprint density at radius 2 is 1.19 bits per heavy atom. The summed E-state index contributed by atoms with van der Waals surface area (Å²) in [5.74, 6) is 0.112. The quantitative estimate of drug-likeness (QED) is 0.269. The molecular weight excluding hydrogens is 382 g/mol. The van der Waals surface area contributed by atoms with Crippen LogP contribution in [0, 0.1) is 0 Å². The van der Waals surface area contributed by atoms with Crippen LogP contribution in [0.2, 0.25) is 0 Å². The van der Waals surface area contributed by atoms with Gasteiger partial charge in [-0.05, 0) is 52.0 Å². The Morgan fingerprint density at radius 3 is 1.65 bits per heavy atom. The van der Waals surface area contributed by atoms with Gasteiger partial charge in [-0.1, -0.05) is 79.8 Å². The second-order valence-corrected chi connectivity index (χ2v) is 7.40. The predicted octanol–water partition coefficient (Wildman–Crippen LogP) is 5.47. The number of amides is 1. The summed E-state index contributed by atoms with van der Waals surface area (Å²) < 4.78 is 0. The molecule has 0 spiro atoms. The highest BCUT2D eigenvalue weighted by molar-refractivity contribution is 5.75. The standard InChI is InChI=1S/C27H45N3O/c1-3-4-5-6-7-8-9-10-11-12-13-14-15-16-17-18-19-20-21-22-27(31)29-24-26-30(2)25-23-28/h4-5,7-8,10-11,13-14,16-17,19-20H,3,6,9,12,15,18,21-26,28H2,1-2H3,(H,29,31)/b5-4-,8-7-,11-10-,14-13-,17-16-,20-19-. The van der Waals surface area contributed by atoms with Gasteiger partial charge < -0.3 is 16.0 Å². The molecule has 4 nitrogen and oxygen atoms in total. The Morgan fingerprint density at radius 1 is 0.742 bits per heavy atom. The van der Waals surface area contributed by atoms with Crippen molar-refractivity contribution in [1.82, 2.24) is 10.2 Å². The lowest BCUT2D eigenvalue weighted by Gasteiger charge is -2.15. The fraction of sp³-hybridized carbons (Fsp3) is 0.519. The van der Waals surface area contributed by atoms with Crippen LogP contribution in [0.5, 0.6) is 0 Å². The van der Waals surface area contributed by atoms with Gasteiger partial charge in [0.1, 0.15) is 0 Å². The maximum absolute atomic E-state index is 11.7. The zero-order valence-corrected chi connectivity index (χ0v) is 19.8. The summed E-state index contributed by atoms with van der Waals surface area (Å²) in [4.78, 5) is 13.9. The van der Waals surface area contributed by atoms with Crippen LogP contribution in [0.15, 0.2) is 72.9 Å². The van der Waals surface area contributed by atoms with Crippen LogP contribution in [0.4, 0.5) is 0 Å². The van der Waals surface area contributed by atoms with Gasteiger partial charge in [-0.3, -0.25) is 4.79 Å². The summed E-state index contributed by atoms with van der Waals surface area (Å²) in [7, 11) is 2.01. The van der Waals surface area contributed by atoms with Crippen LogP contribution in [-0.4, -0.2) is 44.0 Å². The third-order valence-electron chi connectivity index (χ3n) is 4.46. The molecule has 0 aromatic heterocycles. The van der Waals surface area contributed by atoms with Crippen molar-refractivity contribution in [2.24, 2.45) is 5.73 Å². The van der Waals surface area contributed by atoms with Crippen LogP contribution in [0.3, 0.4) is 0 Å². The van der Waals surface area contributed by atoms with E-state index in [0.29, 0.717) is 19.5 Å². The molecule has 0 atom stereocenters. The maximum Gasteiger partial charge on any atom is 0.220 e. The van der Waals surface area contributed by atoms with Crippen molar-refractivity contribution in [3.8, 4) is 0 Å². The third-order valence-corrected chi connectivity index (χ3v) is 4.46. The number of nitrogens with one attached hydrogen (secondary N) is 1. The zero-order chi connectivity index (χ0) is 22.8. The molecule has 0 radical (unpaired) electrons. The lowest BCUT2D eigenvalue weighted by atomic mass is 10.2. The van der Waals surface area contributed by atoms with Gasteiger partial charge in [-0.25, -0.2) is 0 Å². The number of hydrogen-bond donors (Lipinski definition) is 2. The first-order valence-electron chi connectivity index (χ1n) is 11.8. The van der Waals surface area contributed by atoms with Gasteiger partial charge in [0.25, 0.3) is 0 Å². The average molecular weight is 428 g/mol. The van der Waals surface area contributed by atoms with Gasteiger partial charge in [0.15, 0.2) is 0 Å². The summed E-state index contributed by atoms with van der Waals surface area (Å²) in [5, 5.41) is 2.94. The summed E-state index contributed by atoms with van der Waals surface area (Å²) in [6.07, 6.45) is 33.6. The minimum absolute atomic E-state index is 0.112. The number of nitrogens with two attached hydrogens (primary N) is 1. The highest BCUT2D eigenvalue weighted by Gasteiger charge is 2.00. The van der Waals surface area contributed by atoms with E-state index in [2.05, 4.69) is 90.1 Å². The molecule has 0 bridgehead atoms. The highest BCUT2D eigenvalue weighted by atomic mass is 16.1. The molecule has 3 N–H and O–H groups in total. The molecule has 0 aliphatic heterocycles. The van der Waals surface area contributed by atoms with E-state index >= 15 is 0 Å². The number of carbonyl (C=O) groups excluding carboxylic acids is 1. The molecule has 0 unspecified atom stereocenters. The van der Waals surface area contributed by atoms with Gasteiger partial charge in [-0.15, -0.1) is 0 Å². The molecule has 0 fully saturated rings. The average Bonchev–Trinajstić information content (AvgIpc) is 2.75. The van der Waals surface area contributed by atoms with E-state index in [-0.39, 0.29) is 5.91 Å². The fourth-order valence-corrected chi connectivity index (χ4v) is 2.66. The molecule has 0 rings (SSSR count). The van der Waals surface area contributed by atoms with Crippen LogP contribution in [0.1, 0.15) is 58.3 Å². The Bertz CT molecular complexity index is 585. The van der Waals surface area contributed by atoms with Crippen LogP contribution >= 0.6 is 0 Å². The van der Waals surface area contributed by atoms with E-state index in [9.17, 15) is 4.79 Å². The number of hydrogen-bond acceptors (Lipinski definition) is 3. The number of rotatable bonds is 19. The van der Waals surface area contributed by atoms with Crippen molar-refractivity contribution in [2.45, 2.75) is 58.3 Å². The van der Waals surface area contributed by atoms with Crippen molar-refractivity contribution in [2.75, 3.05) is 33.2 Å². The SMILES string of the molecule is CC/C=C\C/C=C\C/C=C\C/C=C\C/C=C\C/C=C\CCC(=O)NCCN(C)CCN. The number of carbonyl (C=O) groups is 1. The fourth-order valence-electron chi connectivity index (χ4n) is 2.66. The van der Waals surface area contributed by atoms with Crippen molar-refractivity contribution in [1.29, 1.82) is 0 Å². The minimum Gasteiger partial charge on any atom is -0.355 e. The predicted molar refractivity (Wildman–Crippen MR) is 137 cm³/mol. The van der Waals surface area contributed by atoms with Crippen LogP contribution in [0.25, 0.3) is 0 Å². The first-order valence-corrected chi connectivity index (χ1v) is 11.8. The summed E-state index contributed by atoms with van der Waals surface area (Å²) in [6, 6.07) is 0. The molecule has 0 saturated carbocycles. The van der Waals surface area contributed by atoms with Crippen molar-refractivity contribution in [3.05, 3.63) is 72.9 Å². The molecule has 4 heteroatoms. The van der Waals surface area contributed by atoms with Gasteiger partial charge in [0.2, 0.25) is 5.91 Å². The normalized spacial score (nSPS) is 12.9. The largest absolute Gasteiger partial charge is 0.355 e. The molecule has 0 heterocycles. The Labute approximate surface area is 191 Å². The molecule has 0 aliphatic carbocycles. The van der Waals surface area contributed by atoms with E-state index < -0.39 is 0 Å².